The lowest BCUT2D eigenvalue weighted by Gasteiger charge is -2.21. The molecule has 0 aromatic rings. The quantitative estimate of drug-likeness (QED) is 0.598. The minimum absolute atomic E-state index is 0.110. The van der Waals surface area contributed by atoms with Crippen LogP contribution < -0.4 is 4.90 Å². The summed E-state index contributed by atoms with van der Waals surface area (Å²) in [6, 6.07) is -0.398. The van der Waals surface area contributed by atoms with Gasteiger partial charge in [-0.15, -0.1) is 0 Å². The molecule has 5 nitrogen and oxygen atoms in total. The molecule has 0 aromatic heterocycles. The van der Waals surface area contributed by atoms with Crippen molar-refractivity contribution in [3.05, 3.63) is 0 Å². The molecule has 1 N–H and O–H groups in total. The van der Waals surface area contributed by atoms with Crippen molar-refractivity contribution in [3.8, 4) is 0 Å². The lowest BCUT2D eigenvalue weighted by Crippen LogP contribution is -3.15. The summed E-state index contributed by atoms with van der Waals surface area (Å²) >= 11 is 0. The number of esters is 2. The third kappa shape index (κ3) is 3.20. The van der Waals surface area contributed by atoms with Crippen LogP contribution in [-0.2, 0) is 19.1 Å². The van der Waals surface area contributed by atoms with Gasteiger partial charge in [0, 0.05) is 12.8 Å². The standard InChI is InChI=1S/C10H17NO4/c1-14-9(12)7-8(10(13)15-2)11-5-3-4-6-11/h8H,3-7H2,1-2H3/p+1/t8-/m0/s1. The highest BCUT2D eigenvalue weighted by atomic mass is 16.5. The summed E-state index contributed by atoms with van der Waals surface area (Å²) in [7, 11) is 2.68. The molecule has 0 amide bonds. The highest BCUT2D eigenvalue weighted by Crippen LogP contribution is 1.98. The molecule has 0 radical (unpaired) electrons. The van der Waals surface area contributed by atoms with E-state index in [2.05, 4.69) is 4.74 Å². The van der Waals surface area contributed by atoms with Crippen LogP contribution in [0.2, 0.25) is 0 Å². The van der Waals surface area contributed by atoms with E-state index >= 15 is 0 Å². The number of carbonyl (C=O) groups excluding carboxylic acids is 2. The van der Waals surface area contributed by atoms with E-state index in [0.717, 1.165) is 30.8 Å². The second-order valence-electron chi connectivity index (χ2n) is 3.72. The number of ether oxygens (including phenoxy) is 2. The van der Waals surface area contributed by atoms with Gasteiger partial charge in [-0.3, -0.25) is 4.79 Å². The first-order valence-corrected chi connectivity index (χ1v) is 5.18. The molecule has 1 aliphatic heterocycles. The molecule has 1 rings (SSSR count). The number of hydrogen-bond acceptors (Lipinski definition) is 4. The Labute approximate surface area is 89.3 Å². The fourth-order valence-corrected chi connectivity index (χ4v) is 1.96. The summed E-state index contributed by atoms with van der Waals surface area (Å²) in [5, 5.41) is 0. The molecule has 1 aliphatic rings. The zero-order valence-electron chi connectivity index (χ0n) is 9.25. The molecule has 0 saturated carbocycles. The molecule has 5 heteroatoms. The van der Waals surface area contributed by atoms with Gasteiger partial charge in [0.25, 0.3) is 0 Å². The number of quaternary nitrogens is 1. The Hall–Kier alpha value is -1.10. The van der Waals surface area contributed by atoms with E-state index in [4.69, 9.17) is 4.74 Å². The minimum Gasteiger partial charge on any atom is -0.469 e. The van der Waals surface area contributed by atoms with Crippen molar-refractivity contribution >= 4 is 11.9 Å². The summed E-state index contributed by atoms with van der Waals surface area (Å²) in [5.41, 5.74) is 0. The van der Waals surface area contributed by atoms with Crippen molar-refractivity contribution in [1.82, 2.24) is 0 Å². The first-order chi connectivity index (χ1) is 7.19. The summed E-state index contributed by atoms with van der Waals surface area (Å²) in [6.07, 6.45) is 2.31. The maximum atomic E-state index is 11.5. The SMILES string of the molecule is COC(=O)C[C@@H](C(=O)OC)[NH+]1CCCC1. The zero-order chi connectivity index (χ0) is 11.3. The van der Waals surface area contributed by atoms with E-state index in [1.807, 2.05) is 0 Å². The predicted octanol–water partition coefficient (Wildman–Crippen LogP) is -1.23. The second-order valence-corrected chi connectivity index (χ2v) is 3.72. The predicted molar refractivity (Wildman–Crippen MR) is 52.4 cm³/mol. The fraction of sp³-hybridized carbons (Fsp3) is 0.800. The van der Waals surface area contributed by atoms with Crippen LogP contribution in [0.25, 0.3) is 0 Å². The number of methoxy groups -OCH3 is 2. The molecule has 0 aliphatic carbocycles. The van der Waals surface area contributed by atoms with Crippen molar-refractivity contribution < 1.29 is 24.0 Å². The van der Waals surface area contributed by atoms with Crippen LogP contribution in [0.4, 0.5) is 0 Å². The van der Waals surface area contributed by atoms with Crippen molar-refractivity contribution in [3.63, 3.8) is 0 Å². The molecular formula is C10H18NO4+. The Balaban J connectivity index is 2.59. The molecule has 15 heavy (non-hydrogen) atoms. The van der Waals surface area contributed by atoms with Crippen LogP contribution >= 0.6 is 0 Å². The average Bonchev–Trinajstić information content (AvgIpc) is 2.77. The van der Waals surface area contributed by atoms with Crippen molar-refractivity contribution in [2.45, 2.75) is 25.3 Å². The Morgan fingerprint density at radius 3 is 2.27 bits per heavy atom. The Kier molecular flexibility index (Phi) is 4.55. The Morgan fingerprint density at radius 1 is 1.20 bits per heavy atom. The number of hydrogen-bond donors (Lipinski definition) is 1. The van der Waals surface area contributed by atoms with Crippen molar-refractivity contribution in [1.29, 1.82) is 0 Å². The van der Waals surface area contributed by atoms with E-state index in [0.29, 0.717) is 0 Å². The normalized spacial score (nSPS) is 18.5. The maximum Gasteiger partial charge on any atom is 0.365 e. The van der Waals surface area contributed by atoms with Gasteiger partial charge < -0.3 is 14.4 Å². The van der Waals surface area contributed by atoms with Crippen LogP contribution in [0, 0.1) is 0 Å². The molecule has 1 fully saturated rings. The molecule has 0 unspecified atom stereocenters. The van der Waals surface area contributed by atoms with E-state index in [1.165, 1.54) is 14.2 Å². The van der Waals surface area contributed by atoms with Gasteiger partial charge in [-0.2, -0.15) is 0 Å². The van der Waals surface area contributed by atoms with Gasteiger partial charge in [0.15, 0.2) is 6.04 Å². The summed E-state index contributed by atoms with van der Waals surface area (Å²) in [5.74, 6) is -0.679. The average molecular weight is 216 g/mol. The number of carbonyl (C=O) groups is 2. The van der Waals surface area contributed by atoms with E-state index in [-0.39, 0.29) is 18.4 Å². The molecule has 1 saturated heterocycles. The topological polar surface area (TPSA) is 57.0 Å². The first kappa shape index (κ1) is 12.0. The monoisotopic (exact) mass is 216 g/mol. The van der Waals surface area contributed by atoms with Crippen molar-refractivity contribution in [2.24, 2.45) is 0 Å². The number of rotatable bonds is 4. The van der Waals surface area contributed by atoms with Gasteiger partial charge >= 0.3 is 11.9 Å². The highest BCUT2D eigenvalue weighted by molar-refractivity contribution is 5.81. The lowest BCUT2D eigenvalue weighted by molar-refractivity contribution is -0.904. The molecule has 0 spiro atoms. The van der Waals surface area contributed by atoms with Gasteiger partial charge in [-0.1, -0.05) is 0 Å². The summed E-state index contributed by atoms with van der Waals surface area (Å²) in [4.78, 5) is 23.8. The van der Waals surface area contributed by atoms with Crippen molar-refractivity contribution in [2.75, 3.05) is 27.3 Å². The van der Waals surface area contributed by atoms with Gasteiger partial charge in [-0.25, -0.2) is 4.79 Å². The van der Waals surface area contributed by atoms with Crippen LogP contribution in [0.15, 0.2) is 0 Å². The molecule has 86 valence electrons. The van der Waals surface area contributed by atoms with E-state index in [9.17, 15) is 9.59 Å². The fourth-order valence-electron chi connectivity index (χ4n) is 1.96. The molecule has 1 atom stereocenters. The van der Waals surface area contributed by atoms with E-state index < -0.39 is 6.04 Å². The van der Waals surface area contributed by atoms with Gasteiger partial charge in [0.05, 0.1) is 27.3 Å². The number of likely N-dealkylation sites (tertiary alicyclic amines) is 1. The van der Waals surface area contributed by atoms with Gasteiger partial charge in [0.1, 0.15) is 6.42 Å². The second kappa shape index (κ2) is 5.70. The molecular weight excluding hydrogens is 198 g/mol. The van der Waals surface area contributed by atoms with Crippen LogP contribution in [0.1, 0.15) is 19.3 Å². The summed E-state index contributed by atoms with van der Waals surface area (Å²) < 4.78 is 9.28. The van der Waals surface area contributed by atoms with Gasteiger partial charge in [-0.05, 0) is 0 Å². The van der Waals surface area contributed by atoms with Gasteiger partial charge in [0.2, 0.25) is 0 Å². The van der Waals surface area contributed by atoms with Crippen LogP contribution in [-0.4, -0.2) is 45.3 Å². The Bertz CT molecular complexity index is 236. The highest BCUT2D eigenvalue weighted by Gasteiger charge is 2.35. The van der Waals surface area contributed by atoms with Crippen LogP contribution in [0.3, 0.4) is 0 Å². The molecule has 0 aromatic carbocycles. The maximum absolute atomic E-state index is 11.5. The zero-order valence-corrected chi connectivity index (χ0v) is 9.25. The third-order valence-corrected chi connectivity index (χ3v) is 2.82. The number of nitrogens with one attached hydrogen (secondary N) is 1. The minimum atomic E-state index is -0.398. The molecule has 1 heterocycles. The first-order valence-electron chi connectivity index (χ1n) is 5.18. The molecule has 0 bridgehead atoms. The largest absolute Gasteiger partial charge is 0.469 e. The lowest BCUT2D eigenvalue weighted by atomic mass is 10.2. The van der Waals surface area contributed by atoms with Crippen LogP contribution in [0.5, 0.6) is 0 Å². The smallest absolute Gasteiger partial charge is 0.365 e. The third-order valence-electron chi connectivity index (χ3n) is 2.82. The van der Waals surface area contributed by atoms with E-state index in [1.54, 1.807) is 0 Å². The summed E-state index contributed by atoms with van der Waals surface area (Å²) in [6.45, 7) is 1.85. The Morgan fingerprint density at radius 2 is 1.80 bits per heavy atom.